The maximum atomic E-state index is 12.3. The van der Waals surface area contributed by atoms with Gasteiger partial charge in [-0.1, -0.05) is 41.9 Å². The van der Waals surface area contributed by atoms with E-state index in [0.29, 0.717) is 23.0 Å². The van der Waals surface area contributed by atoms with Gasteiger partial charge in [-0.2, -0.15) is 5.10 Å². The summed E-state index contributed by atoms with van der Waals surface area (Å²) in [6, 6.07) is 15.4. The number of ether oxygens (including phenoxy) is 2. The number of nitrogens with one attached hydrogen (secondary N) is 1. The molecule has 0 spiro atoms. The Kier molecular flexibility index (Phi) is 8.41. The van der Waals surface area contributed by atoms with Gasteiger partial charge in [0.15, 0.2) is 0 Å². The lowest BCUT2D eigenvalue weighted by Crippen LogP contribution is -2.37. The summed E-state index contributed by atoms with van der Waals surface area (Å²) in [5.41, 5.74) is 6.64. The number of fused-ring (bicyclic) bond motifs is 1. The zero-order chi connectivity index (χ0) is 23.8. The van der Waals surface area contributed by atoms with Gasteiger partial charge in [0.25, 0.3) is 0 Å². The van der Waals surface area contributed by atoms with Crippen molar-refractivity contribution in [1.82, 2.24) is 10.3 Å². The fraction of sp³-hybridized carbons (Fsp3) is 0.360. The first-order valence-corrected chi connectivity index (χ1v) is 11.7. The molecule has 2 aromatic carbocycles. The Hall–Kier alpha value is -3.07. The molecule has 0 saturated carbocycles. The molecule has 34 heavy (non-hydrogen) atoms. The van der Waals surface area contributed by atoms with Gasteiger partial charge in [-0.15, -0.1) is 0 Å². The van der Waals surface area contributed by atoms with Crippen LogP contribution in [0.2, 0.25) is 5.02 Å². The maximum Gasteiger partial charge on any atom is 0.354 e. The van der Waals surface area contributed by atoms with Gasteiger partial charge >= 0.3 is 5.97 Å². The van der Waals surface area contributed by atoms with Crippen LogP contribution in [-0.2, 0) is 14.3 Å². The van der Waals surface area contributed by atoms with E-state index >= 15 is 0 Å². The molecule has 8 nitrogen and oxygen atoms in total. The number of aliphatic imine (C=N–C) groups is 2. The molecule has 2 aliphatic heterocycles. The number of hydrazone groups is 1. The lowest BCUT2D eigenvalue weighted by Gasteiger charge is -2.26. The lowest BCUT2D eigenvalue weighted by molar-refractivity contribution is -0.132. The maximum absolute atomic E-state index is 12.3. The van der Waals surface area contributed by atoms with E-state index in [-0.39, 0.29) is 6.54 Å². The summed E-state index contributed by atoms with van der Waals surface area (Å²) in [4.78, 5) is 24.1. The third-order valence-electron chi connectivity index (χ3n) is 5.64. The molecular formula is C25H28ClN5O3. The minimum atomic E-state index is -0.454. The monoisotopic (exact) mass is 481 g/mol. The van der Waals surface area contributed by atoms with Gasteiger partial charge in [-0.3, -0.25) is 15.3 Å². The van der Waals surface area contributed by atoms with E-state index in [1.54, 1.807) is 6.07 Å². The molecule has 0 bridgehead atoms. The molecule has 4 rings (SSSR count). The van der Waals surface area contributed by atoms with E-state index in [1.165, 1.54) is 7.11 Å². The van der Waals surface area contributed by atoms with Crippen molar-refractivity contribution >= 4 is 40.5 Å². The normalized spacial score (nSPS) is 16.7. The molecule has 0 radical (unpaired) electrons. The Morgan fingerprint density at radius 2 is 2.00 bits per heavy atom. The quantitative estimate of drug-likeness (QED) is 0.372. The van der Waals surface area contributed by atoms with Gasteiger partial charge in [-0.25, -0.2) is 9.79 Å². The third-order valence-corrected chi connectivity index (χ3v) is 5.87. The number of amidine groups is 1. The van der Waals surface area contributed by atoms with E-state index in [4.69, 9.17) is 31.1 Å². The van der Waals surface area contributed by atoms with Gasteiger partial charge in [0.05, 0.1) is 38.3 Å². The Morgan fingerprint density at radius 1 is 1.21 bits per heavy atom. The van der Waals surface area contributed by atoms with Crippen molar-refractivity contribution < 1.29 is 14.3 Å². The molecule has 0 unspecified atom stereocenters. The number of methoxy groups -OCH3 is 1. The minimum absolute atomic E-state index is 0.280. The number of carbonyl (C=O) groups excluding carboxylic acids is 1. The first-order valence-electron chi connectivity index (χ1n) is 11.3. The molecule has 2 aromatic rings. The summed E-state index contributed by atoms with van der Waals surface area (Å²) < 4.78 is 10.3. The van der Waals surface area contributed by atoms with Crippen LogP contribution in [0.3, 0.4) is 0 Å². The second-order valence-electron chi connectivity index (χ2n) is 7.97. The molecule has 0 atom stereocenters. The largest absolute Gasteiger partial charge is 0.464 e. The fourth-order valence-corrected chi connectivity index (χ4v) is 4.04. The molecule has 1 fully saturated rings. The number of rotatable bonds is 7. The van der Waals surface area contributed by atoms with E-state index < -0.39 is 5.97 Å². The molecule has 9 heteroatoms. The van der Waals surface area contributed by atoms with E-state index in [2.05, 4.69) is 15.4 Å². The second kappa shape index (κ2) is 11.9. The highest BCUT2D eigenvalue weighted by atomic mass is 35.5. The average molecular weight is 482 g/mol. The van der Waals surface area contributed by atoms with Crippen LogP contribution in [0.1, 0.15) is 24.0 Å². The van der Waals surface area contributed by atoms with E-state index in [1.807, 2.05) is 42.5 Å². The zero-order valence-electron chi connectivity index (χ0n) is 19.2. The second-order valence-corrected chi connectivity index (χ2v) is 8.41. The van der Waals surface area contributed by atoms with Crippen LogP contribution in [0.5, 0.6) is 0 Å². The number of esters is 1. The topological polar surface area (TPSA) is 87.9 Å². The molecule has 1 N–H and O–H groups in total. The van der Waals surface area contributed by atoms with Crippen molar-refractivity contribution in [2.45, 2.75) is 12.8 Å². The van der Waals surface area contributed by atoms with Crippen molar-refractivity contribution in [2.24, 2.45) is 15.1 Å². The van der Waals surface area contributed by atoms with Gasteiger partial charge in [0, 0.05) is 35.7 Å². The van der Waals surface area contributed by atoms with Gasteiger partial charge in [-0.05, 0) is 31.2 Å². The number of hydrogen-bond acceptors (Lipinski definition) is 8. The molecule has 2 aliphatic rings. The Bertz CT molecular complexity index is 1090. The summed E-state index contributed by atoms with van der Waals surface area (Å²) >= 11 is 6.27. The van der Waals surface area contributed by atoms with Crippen molar-refractivity contribution in [3.05, 3.63) is 64.7 Å². The number of carbonyl (C=O) groups is 1. The van der Waals surface area contributed by atoms with E-state index in [9.17, 15) is 4.79 Å². The van der Waals surface area contributed by atoms with Gasteiger partial charge in [0.1, 0.15) is 11.5 Å². The SMILES string of the molecule is COC(=O)C(CCCN1CCOCC1)=NNC1=Nc2ccc(Cl)cc2C(c2ccccc2)=NC1. The molecular weight excluding hydrogens is 454 g/mol. The summed E-state index contributed by atoms with van der Waals surface area (Å²) in [5, 5.41) is 4.96. The summed E-state index contributed by atoms with van der Waals surface area (Å²) in [6.07, 6.45) is 1.29. The van der Waals surface area contributed by atoms with Crippen LogP contribution in [0.15, 0.2) is 63.6 Å². The van der Waals surface area contributed by atoms with Crippen LogP contribution in [0, 0.1) is 0 Å². The standard InChI is InChI=1S/C25H28ClN5O3/c1-33-25(32)22(8-5-11-31-12-14-34-15-13-31)29-30-23-17-27-24(18-6-3-2-4-7-18)20-16-19(26)9-10-21(20)28-23/h2-4,6-7,9-10,16H,5,8,11-15,17H2,1H3,(H,28,30). The zero-order valence-corrected chi connectivity index (χ0v) is 19.9. The van der Waals surface area contributed by atoms with Gasteiger partial charge in [0.2, 0.25) is 0 Å². The minimum Gasteiger partial charge on any atom is -0.464 e. The highest BCUT2D eigenvalue weighted by Crippen LogP contribution is 2.28. The predicted molar refractivity (Wildman–Crippen MR) is 135 cm³/mol. The predicted octanol–water partition coefficient (Wildman–Crippen LogP) is 3.45. The Morgan fingerprint density at radius 3 is 2.76 bits per heavy atom. The highest BCUT2D eigenvalue weighted by Gasteiger charge is 2.18. The highest BCUT2D eigenvalue weighted by molar-refractivity contribution is 6.36. The fourth-order valence-electron chi connectivity index (χ4n) is 3.87. The molecule has 0 amide bonds. The summed E-state index contributed by atoms with van der Waals surface area (Å²) in [5.74, 6) is 0.0773. The van der Waals surface area contributed by atoms with Crippen LogP contribution in [-0.4, -0.2) is 74.6 Å². The summed E-state index contributed by atoms with van der Waals surface area (Å²) in [6.45, 7) is 4.46. The molecule has 1 saturated heterocycles. The van der Waals surface area contributed by atoms with Crippen molar-refractivity contribution in [3.63, 3.8) is 0 Å². The number of morpholine rings is 1. The Balaban J connectivity index is 1.51. The van der Waals surface area contributed by atoms with Crippen molar-refractivity contribution in [2.75, 3.05) is 46.5 Å². The third kappa shape index (κ3) is 6.28. The van der Waals surface area contributed by atoms with Crippen LogP contribution < -0.4 is 5.43 Å². The molecule has 2 heterocycles. The van der Waals surface area contributed by atoms with E-state index in [0.717, 1.165) is 61.8 Å². The Labute approximate surface area is 204 Å². The first kappa shape index (κ1) is 24.1. The van der Waals surface area contributed by atoms with Crippen LogP contribution in [0.4, 0.5) is 5.69 Å². The lowest BCUT2D eigenvalue weighted by atomic mass is 10.0. The van der Waals surface area contributed by atoms with Crippen LogP contribution in [0.25, 0.3) is 0 Å². The number of nitrogens with zero attached hydrogens (tertiary/aromatic N) is 4. The molecule has 0 aliphatic carbocycles. The molecule has 178 valence electrons. The average Bonchev–Trinajstić information content (AvgIpc) is 3.05. The number of benzene rings is 2. The summed E-state index contributed by atoms with van der Waals surface area (Å²) in [7, 11) is 1.36. The van der Waals surface area contributed by atoms with Crippen LogP contribution >= 0.6 is 11.6 Å². The number of hydrogen-bond donors (Lipinski definition) is 1. The first-order chi connectivity index (χ1) is 16.6. The van der Waals surface area contributed by atoms with Crippen molar-refractivity contribution in [1.29, 1.82) is 0 Å². The molecule has 0 aromatic heterocycles. The van der Waals surface area contributed by atoms with Crippen molar-refractivity contribution in [3.8, 4) is 0 Å². The number of halogens is 1. The van der Waals surface area contributed by atoms with Gasteiger partial charge < -0.3 is 9.47 Å². The smallest absolute Gasteiger partial charge is 0.354 e.